The van der Waals surface area contributed by atoms with Gasteiger partial charge in [-0.05, 0) is 52.4 Å². The molecule has 3 heterocycles. The van der Waals surface area contributed by atoms with Gasteiger partial charge in [0.05, 0.1) is 30.5 Å². The molecule has 0 unspecified atom stereocenters. The van der Waals surface area contributed by atoms with Gasteiger partial charge in [-0.15, -0.1) is 0 Å². The van der Waals surface area contributed by atoms with Crippen molar-refractivity contribution >= 4 is 5.97 Å². The minimum atomic E-state index is -0.554. The Morgan fingerprint density at radius 3 is 2.22 bits per heavy atom. The van der Waals surface area contributed by atoms with Gasteiger partial charge in [-0.2, -0.15) is 0 Å². The molecule has 0 aromatic rings. The lowest BCUT2D eigenvalue weighted by Gasteiger charge is -2.23. The van der Waals surface area contributed by atoms with Gasteiger partial charge in [0.25, 0.3) is 0 Å². The highest BCUT2D eigenvalue weighted by atomic mass is 16.7. The van der Waals surface area contributed by atoms with E-state index in [0.717, 1.165) is 32.1 Å². The molecule has 32 heavy (non-hydrogen) atoms. The standard InChI is InChI=1S/C26H46O6/c1-4-5-6-7-8-9-10-11-12-23-24(32-26(2,3)31-23)14-13-19(27)20-15-16-21(29-20)22-17-18-25(28)30-22/h19-24,27H,4-18H2,1-3H3/t19-,20-,21-,22-,23-,24-/m1/s1. The second-order valence-electron chi connectivity index (χ2n) is 10.5. The number of rotatable bonds is 14. The van der Waals surface area contributed by atoms with E-state index in [1.165, 1.54) is 51.4 Å². The number of unbranched alkanes of at least 4 members (excludes halogenated alkanes) is 7. The summed E-state index contributed by atoms with van der Waals surface area (Å²) in [6, 6.07) is 0. The van der Waals surface area contributed by atoms with Crippen molar-refractivity contribution in [2.45, 2.75) is 159 Å². The first-order valence-electron chi connectivity index (χ1n) is 13.3. The molecular weight excluding hydrogens is 408 g/mol. The molecule has 6 atom stereocenters. The summed E-state index contributed by atoms with van der Waals surface area (Å²) in [4.78, 5) is 11.4. The van der Waals surface area contributed by atoms with Gasteiger partial charge in [-0.3, -0.25) is 4.79 Å². The molecule has 6 heteroatoms. The Morgan fingerprint density at radius 1 is 0.906 bits per heavy atom. The number of hydrogen-bond acceptors (Lipinski definition) is 6. The van der Waals surface area contributed by atoms with E-state index in [4.69, 9.17) is 18.9 Å². The predicted octanol–water partition coefficient (Wildman–Crippen LogP) is 5.43. The van der Waals surface area contributed by atoms with Crippen LogP contribution in [0.2, 0.25) is 0 Å². The number of ether oxygens (including phenoxy) is 4. The lowest BCUT2D eigenvalue weighted by molar-refractivity contribution is -0.150. The first-order chi connectivity index (χ1) is 15.4. The fourth-order valence-corrected chi connectivity index (χ4v) is 5.45. The fourth-order valence-electron chi connectivity index (χ4n) is 5.45. The maximum Gasteiger partial charge on any atom is 0.306 e. The summed E-state index contributed by atoms with van der Waals surface area (Å²) < 4.78 is 23.8. The third kappa shape index (κ3) is 7.96. The molecule has 0 saturated carbocycles. The predicted molar refractivity (Wildman–Crippen MR) is 123 cm³/mol. The molecule has 0 radical (unpaired) electrons. The Morgan fingerprint density at radius 2 is 1.56 bits per heavy atom. The molecule has 1 N–H and O–H groups in total. The largest absolute Gasteiger partial charge is 0.460 e. The van der Waals surface area contributed by atoms with Crippen LogP contribution < -0.4 is 0 Å². The Balaban J connectivity index is 1.34. The van der Waals surface area contributed by atoms with Gasteiger partial charge in [0.15, 0.2) is 5.79 Å². The molecule has 6 nitrogen and oxygen atoms in total. The normalized spacial score (nSPS) is 33.0. The van der Waals surface area contributed by atoms with E-state index >= 15 is 0 Å². The average Bonchev–Trinajstić information content (AvgIpc) is 3.46. The summed E-state index contributed by atoms with van der Waals surface area (Å²) in [6.07, 6.45) is 15.0. The fraction of sp³-hybridized carbons (Fsp3) is 0.962. The Bertz CT molecular complexity index is 565. The first kappa shape index (κ1) is 25.9. The molecule has 3 saturated heterocycles. The number of hydrogen-bond donors (Lipinski definition) is 1. The summed E-state index contributed by atoms with van der Waals surface area (Å²) in [5, 5.41) is 10.7. The SMILES string of the molecule is CCCCCCCCCC[C@H]1OC(C)(C)O[C@@H]1CC[C@@H](O)[C@H]1CC[C@H]([C@H]2CCC(=O)O2)O1. The topological polar surface area (TPSA) is 74.2 Å². The van der Waals surface area contributed by atoms with Crippen LogP contribution in [-0.4, -0.2) is 53.5 Å². The Hall–Kier alpha value is -0.690. The van der Waals surface area contributed by atoms with Gasteiger partial charge in [-0.25, -0.2) is 0 Å². The van der Waals surface area contributed by atoms with Gasteiger partial charge < -0.3 is 24.1 Å². The van der Waals surface area contributed by atoms with Gasteiger partial charge in [0, 0.05) is 6.42 Å². The lowest BCUT2D eigenvalue weighted by Crippen LogP contribution is -2.32. The van der Waals surface area contributed by atoms with E-state index in [2.05, 4.69) is 6.92 Å². The van der Waals surface area contributed by atoms with Gasteiger partial charge in [0.2, 0.25) is 0 Å². The molecule has 3 aliphatic heterocycles. The third-order valence-corrected chi connectivity index (χ3v) is 7.22. The summed E-state index contributed by atoms with van der Waals surface area (Å²) in [7, 11) is 0. The number of aliphatic hydroxyl groups excluding tert-OH is 1. The number of cyclic esters (lactones) is 1. The molecule has 3 aliphatic rings. The molecule has 0 aromatic heterocycles. The summed E-state index contributed by atoms with van der Waals surface area (Å²) in [6.45, 7) is 6.22. The number of aliphatic hydroxyl groups is 1. The molecule has 0 amide bonds. The van der Waals surface area contributed by atoms with Crippen molar-refractivity contribution in [3.8, 4) is 0 Å². The minimum absolute atomic E-state index is 0.0252. The molecule has 0 aromatic carbocycles. The van der Waals surface area contributed by atoms with Crippen LogP contribution in [0.5, 0.6) is 0 Å². The van der Waals surface area contributed by atoms with E-state index in [0.29, 0.717) is 12.8 Å². The van der Waals surface area contributed by atoms with Gasteiger partial charge in [-0.1, -0.05) is 58.3 Å². The zero-order valence-electron chi connectivity index (χ0n) is 20.6. The van der Waals surface area contributed by atoms with Crippen molar-refractivity contribution < 1.29 is 28.8 Å². The number of carbonyl (C=O) groups excluding carboxylic acids is 1. The van der Waals surface area contributed by atoms with Crippen LogP contribution in [-0.2, 0) is 23.7 Å². The molecule has 0 bridgehead atoms. The molecule has 3 rings (SSSR count). The van der Waals surface area contributed by atoms with Crippen LogP contribution >= 0.6 is 0 Å². The molecular formula is C26H46O6. The van der Waals surface area contributed by atoms with Gasteiger partial charge in [0.1, 0.15) is 6.10 Å². The maximum atomic E-state index is 11.4. The Labute approximate surface area is 194 Å². The summed E-state index contributed by atoms with van der Waals surface area (Å²) >= 11 is 0. The van der Waals surface area contributed by atoms with Crippen molar-refractivity contribution in [2.75, 3.05) is 0 Å². The van der Waals surface area contributed by atoms with Crippen molar-refractivity contribution in [3.05, 3.63) is 0 Å². The second kappa shape index (κ2) is 12.7. The van der Waals surface area contributed by atoms with Crippen LogP contribution in [0, 0.1) is 0 Å². The van der Waals surface area contributed by atoms with E-state index in [1.807, 2.05) is 13.8 Å². The van der Waals surface area contributed by atoms with Crippen LogP contribution in [0.25, 0.3) is 0 Å². The maximum absolute atomic E-state index is 11.4. The van der Waals surface area contributed by atoms with Crippen LogP contribution in [0.3, 0.4) is 0 Å². The van der Waals surface area contributed by atoms with Crippen LogP contribution in [0.1, 0.15) is 117 Å². The highest BCUT2D eigenvalue weighted by molar-refractivity contribution is 5.71. The van der Waals surface area contributed by atoms with Crippen LogP contribution in [0.15, 0.2) is 0 Å². The quantitative estimate of drug-likeness (QED) is 0.279. The van der Waals surface area contributed by atoms with E-state index < -0.39 is 11.9 Å². The third-order valence-electron chi connectivity index (χ3n) is 7.22. The minimum Gasteiger partial charge on any atom is -0.460 e. The summed E-state index contributed by atoms with van der Waals surface area (Å²) in [5.41, 5.74) is 0. The monoisotopic (exact) mass is 454 g/mol. The van der Waals surface area contributed by atoms with E-state index in [9.17, 15) is 9.90 Å². The van der Waals surface area contributed by atoms with Crippen LogP contribution in [0.4, 0.5) is 0 Å². The number of esters is 1. The highest BCUT2D eigenvalue weighted by Crippen LogP contribution is 2.35. The molecule has 186 valence electrons. The van der Waals surface area contributed by atoms with E-state index in [-0.39, 0.29) is 36.5 Å². The zero-order valence-corrected chi connectivity index (χ0v) is 20.6. The summed E-state index contributed by atoms with van der Waals surface area (Å²) in [5.74, 6) is -0.687. The van der Waals surface area contributed by atoms with Crippen molar-refractivity contribution in [3.63, 3.8) is 0 Å². The smallest absolute Gasteiger partial charge is 0.306 e. The number of carbonyl (C=O) groups is 1. The zero-order chi connectivity index (χ0) is 23.0. The average molecular weight is 455 g/mol. The van der Waals surface area contributed by atoms with Crippen molar-refractivity contribution in [1.82, 2.24) is 0 Å². The van der Waals surface area contributed by atoms with Crippen molar-refractivity contribution in [2.24, 2.45) is 0 Å². The molecule has 0 spiro atoms. The van der Waals surface area contributed by atoms with Crippen molar-refractivity contribution in [1.29, 1.82) is 0 Å². The van der Waals surface area contributed by atoms with E-state index in [1.54, 1.807) is 0 Å². The highest BCUT2D eigenvalue weighted by Gasteiger charge is 2.42. The molecule has 3 fully saturated rings. The second-order valence-corrected chi connectivity index (χ2v) is 10.5. The first-order valence-corrected chi connectivity index (χ1v) is 13.3. The lowest BCUT2D eigenvalue weighted by atomic mass is 9.97. The molecule has 0 aliphatic carbocycles. The van der Waals surface area contributed by atoms with Gasteiger partial charge >= 0.3 is 5.97 Å². The Kier molecular flexibility index (Phi) is 10.3.